The molecule has 1 aliphatic rings. The van der Waals surface area contributed by atoms with E-state index in [9.17, 15) is 18.0 Å². The van der Waals surface area contributed by atoms with Crippen molar-refractivity contribution in [2.45, 2.75) is 38.8 Å². The number of hydrogen-bond acceptors (Lipinski definition) is 7. The summed E-state index contributed by atoms with van der Waals surface area (Å²) < 4.78 is 39.0. The average molecular weight is 413 g/mol. The monoisotopic (exact) mass is 413 g/mol. The second-order valence-corrected chi connectivity index (χ2v) is 9.02. The molecule has 2 rings (SSSR count). The summed E-state index contributed by atoms with van der Waals surface area (Å²) in [5.41, 5.74) is 0.197. The first-order chi connectivity index (χ1) is 13.2. The Bertz CT molecular complexity index is 799. The van der Waals surface area contributed by atoms with E-state index in [1.165, 1.54) is 26.4 Å². The largest absolute Gasteiger partial charge is 0.497 e. The van der Waals surface area contributed by atoms with Crippen LogP contribution in [0.1, 0.15) is 37.0 Å². The Balaban J connectivity index is 2.09. The molecule has 0 aliphatic carbocycles. The molecule has 0 bridgehead atoms. The number of esters is 1. The molecule has 1 heterocycles. The van der Waals surface area contributed by atoms with Crippen LogP contribution < -0.4 is 9.47 Å². The van der Waals surface area contributed by atoms with Gasteiger partial charge in [0.2, 0.25) is 0 Å². The molecule has 1 fully saturated rings. The van der Waals surface area contributed by atoms with Gasteiger partial charge in [-0.3, -0.25) is 4.79 Å². The van der Waals surface area contributed by atoms with E-state index in [-0.39, 0.29) is 29.2 Å². The normalized spacial score (nSPS) is 18.9. The molecule has 1 aromatic rings. The number of nitrogens with zero attached hydrogens (tertiary/aromatic N) is 1. The highest BCUT2D eigenvalue weighted by Gasteiger charge is 2.36. The summed E-state index contributed by atoms with van der Waals surface area (Å²) in [6.07, 6.45) is 1.07. The number of rotatable bonds is 8. The lowest BCUT2D eigenvalue weighted by atomic mass is 10.1. The lowest BCUT2D eigenvalue weighted by Crippen LogP contribution is -2.48. The van der Waals surface area contributed by atoms with E-state index >= 15 is 0 Å². The van der Waals surface area contributed by atoms with E-state index < -0.39 is 28.3 Å². The predicted octanol–water partition coefficient (Wildman–Crippen LogP) is 1.67. The van der Waals surface area contributed by atoms with Gasteiger partial charge in [0.05, 0.1) is 31.3 Å². The first-order valence-corrected chi connectivity index (χ1v) is 10.9. The van der Waals surface area contributed by atoms with Gasteiger partial charge in [-0.1, -0.05) is 6.92 Å². The zero-order valence-corrected chi connectivity index (χ0v) is 17.5. The Hall–Kier alpha value is -2.29. The van der Waals surface area contributed by atoms with Crippen molar-refractivity contribution in [2.24, 2.45) is 0 Å². The lowest BCUT2D eigenvalue weighted by molar-refractivity contribution is -0.138. The summed E-state index contributed by atoms with van der Waals surface area (Å²) in [7, 11) is -0.204. The van der Waals surface area contributed by atoms with Gasteiger partial charge in [0, 0.05) is 18.2 Å². The molecule has 0 aromatic heterocycles. The van der Waals surface area contributed by atoms with E-state index in [0.717, 1.165) is 0 Å². The lowest BCUT2D eigenvalue weighted by Gasteiger charge is -2.33. The topological polar surface area (TPSA) is 99.2 Å². The zero-order valence-electron chi connectivity index (χ0n) is 16.6. The van der Waals surface area contributed by atoms with Crippen molar-refractivity contribution in [3.8, 4) is 11.5 Å². The Morgan fingerprint density at radius 2 is 1.79 bits per heavy atom. The maximum atomic E-state index is 12.7. The van der Waals surface area contributed by atoms with Crippen molar-refractivity contribution in [3.63, 3.8) is 0 Å². The third kappa shape index (κ3) is 5.37. The number of carbonyl (C=O) groups excluding carboxylic acids is 2. The third-order valence-electron chi connectivity index (χ3n) is 4.87. The van der Waals surface area contributed by atoms with Crippen LogP contribution in [0, 0.1) is 0 Å². The number of methoxy groups -OCH3 is 2. The van der Waals surface area contributed by atoms with Gasteiger partial charge in [-0.25, -0.2) is 13.2 Å². The van der Waals surface area contributed by atoms with Gasteiger partial charge in [0.1, 0.15) is 11.5 Å². The van der Waals surface area contributed by atoms with Gasteiger partial charge >= 0.3 is 5.97 Å². The molecule has 0 spiro atoms. The molecule has 1 aliphatic heterocycles. The highest BCUT2D eigenvalue weighted by atomic mass is 32.2. The molecule has 1 amide bonds. The molecule has 0 radical (unpaired) electrons. The van der Waals surface area contributed by atoms with E-state index in [0.29, 0.717) is 24.3 Å². The molecular weight excluding hydrogens is 386 g/mol. The van der Waals surface area contributed by atoms with Crippen molar-refractivity contribution >= 4 is 21.7 Å². The quantitative estimate of drug-likeness (QED) is 0.598. The molecule has 8 nitrogen and oxygen atoms in total. The van der Waals surface area contributed by atoms with Crippen LogP contribution in [-0.2, 0) is 19.4 Å². The Morgan fingerprint density at radius 3 is 2.25 bits per heavy atom. The third-order valence-corrected chi connectivity index (χ3v) is 6.62. The van der Waals surface area contributed by atoms with Crippen molar-refractivity contribution in [3.05, 3.63) is 23.8 Å². The summed E-state index contributed by atoms with van der Waals surface area (Å²) >= 11 is 0. The molecule has 28 heavy (non-hydrogen) atoms. The molecule has 1 saturated heterocycles. The fourth-order valence-corrected chi connectivity index (χ4v) is 4.92. The van der Waals surface area contributed by atoms with Crippen LogP contribution >= 0.6 is 0 Å². The van der Waals surface area contributed by atoms with Gasteiger partial charge < -0.3 is 19.1 Å². The highest BCUT2D eigenvalue weighted by Crippen LogP contribution is 2.24. The van der Waals surface area contributed by atoms with Crippen LogP contribution in [0.4, 0.5) is 0 Å². The van der Waals surface area contributed by atoms with Crippen molar-refractivity contribution in [1.29, 1.82) is 0 Å². The Labute approximate surface area is 165 Å². The number of ether oxygens (including phenoxy) is 3. The van der Waals surface area contributed by atoms with Gasteiger partial charge in [0.25, 0.3) is 5.91 Å². The Morgan fingerprint density at radius 1 is 1.18 bits per heavy atom. The smallest absolute Gasteiger partial charge is 0.338 e. The Kier molecular flexibility index (Phi) is 7.29. The predicted molar refractivity (Wildman–Crippen MR) is 103 cm³/mol. The van der Waals surface area contributed by atoms with Crippen molar-refractivity contribution < 1.29 is 32.2 Å². The number of hydrogen-bond donors (Lipinski definition) is 0. The highest BCUT2D eigenvalue weighted by molar-refractivity contribution is 7.91. The van der Waals surface area contributed by atoms with Gasteiger partial charge in [0.15, 0.2) is 16.4 Å². The van der Waals surface area contributed by atoms with Gasteiger partial charge in [-0.15, -0.1) is 0 Å². The molecule has 9 heteroatoms. The van der Waals surface area contributed by atoms with Crippen LogP contribution in [0.5, 0.6) is 11.5 Å². The van der Waals surface area contributed by atoms with Crippen LogP contribution in [0.25, 0.3) is 0 Å². The minimum Gasteiger partial charge on any atom is -0.497 e. The summed E-state index contributed by atoms with van der Waals surface area (Å²) in [5, 5.41) is 0. The number of benzene rings is 1. The molecule has 0 N–H and O–H groups in total. The standard InChI is InChI=1S/C19H27NO7S/c1-5-13(2)20(15-6-7-28(23,24)12-15)18(21)11-27-19(22)14-8-16(25-3)10-17(9-14)26-4/h8-10,13,15H,5-7,11-12H2,1-4H3/t13-,15-/m0/s1. The van der Waals surface area contributed by atoms with Crippen molar-refractivity contribution in [2.75, 3.05) is 32.3 Å². The van der Waals surface area contributed by atoms with E-state index in [1.807, 2.05) is 13.8 Å². The molecule has 2 atom stereocenters. The molecule has 0 unspecified atom stereocenters. The summed E-state index contributed by atoms with van der Waals surface area (Å²) in [4.78, 5) is 26.6. The van der Waals surface area contributed by atoms with E-state index in [2.05, 4.69) is 0 Å². The molecule has 1 aromatic carbocycles. The molecule has 156 valence electrons. The van der Waals surface area contributed by atoms with Gasteiger partial charge in [-0.05, 0) is 31.9 Å². The van der Waals surface area contributed by atoms with Gasteiger partial charge in [-0.2, -0.15) is 0 Å². The molecular formula is C19H27NO7S. The fourth-order valence-electron chi connectivity index (χ4n) is 3.21. The second kappa shape index (κ2) is 9.27. The number of sulfone groups is 1. The van der Waals surface area contributed by atoms with Crippen LogP contribution in [0.2, 0.25) is 0 Å². The maximum Gasteiger partial charge on any atom is 0.338 e. The van der Waals surface area contributed by atoms with Crippen molar-refractivity contribution in [1.82, 2.24) is 4.90 Å². The second-order valence-electron chi connectivity index (χ2n) is 6.79. The summed E-state index contributed by atoms with van der Waals surface area (Å²) in [5.74, 6) is -0.218. The van der Waals surface area contributed by atoms with E-state index in [4.69, 9.17) is 14.2 Å². The minimum atomic E-state index is -3.13. The number of amides is 1. The number of carbonyl (C=O) groups is 2. The van der Waals surface area contributed by atoms with Crippen LogP contribution in [0.3, 0.4) is 0 Å². The average Bonchev–Trinajstić information content (AvgIpc) is 3.04. The maximum absolute atomic E-state index is 12.7. The van der Waals surface area contributed by atoms with Crippen LogP contribution in [0.15, 0.2) is 18.2 Å². The van der Waals surface area contributed by atoms with E-state index in [1.54, 1.807) is 11.0 Å². The SMILES string of the molecule is CC[C@H](C)N(C(=O)COC(=O)c1cc(OC)cc(OC)c1)[C@H]1CCS(=O)(=O)C1. The summed E-state index contributed by atoms with van der Waals surface area (Å²) in [6, 6.07) is 4.06. The molecule has 0 saturated carbocycles. The fraction of sp³-hybridized carbons (Fsp3) is 0.579. The minimum absolute atomic E-state index is 0.0515. The zero-order chi connectivity index (χ0) is 20.9. The first kappa shape index (κ1) is 22.0. The summed E-state index contributed by atoms with van der Waals surface area (Å²) in [6.45, 7) is 3.32. The first-order valence-electron chi connectivity index (χ1n) is 9.12. The van der Waals surface area contributed by atoms with Crippen LogP contribution in [-0.4, -0.2) is 69.6 Å².